The first kappa shape index (κ1) is 17.8. The lowest BCUT2D eigenvalue weighted by Gasteiger charge is -2.09. The van der Waals surface area contributed by atoms with Gasteiger partial charge in [-0.2, -0.15) is 5.26 Å². The molecule has 0 radical (unpaired) electrons. The van der Waals surface area contributed by atoms with E-state index in [0.717, 1.165) is 5.56 Å². The van der Waals surface area contributed by atoms with Gasteiger partial charge in [-0.1, -0.05) is 23.7 Å². The zero-order chi connectivity index (χ0) is 17.5. The van der Waals surface area contributed by atoms with Crippen LogP contribution in [0.25, 0.3) is 17.4 Å². The van der Waals surface area contributed by atoms with Crippen molar-refractivity contribution in [2.45, 2.75) is 0 Å². The second kappa shape index (κ2) is 8.34. The molecular weight excluding hydrogens is 328 g/mol. The van der Waals surface area contributed by atoms with Crippen LogP contribution in [0.4, 0.5) is 0 Å². The minimum atomic E-state index is -0.667. The lowest BCUT2D eigenvalue weighted by atomic mass is 10.2. The number of hydrogen-bond donors (Lipinski definition) is 0. The molecule has 0 aliphatic carbocycles. The fraction of sp³-hybridized carbons (Fsp3) is 0.222. The molecular formula is C18H17ClN2O3. The minimum absolute atomic E-state index is 0.110. The summed E-state index contributed by atoms with van der Waals surface area (Å²) >= 11 is 5.96. The van der Waals surface area contributed by atoms with E-state index in [9.17, 15) is 4.79 Å². The highest BCUT2D eigenvalue weighted by Gasteiger charge is 2.12. The molecule has 0 saturated heterocycles. The van der Waals surface area contributed by atoms with Crippen molar-refractivity contribution in [3.63, 3.8) is 0 Å². The number of furan rings is 1. The number of likely N-dealkylation sites (N-methyl/N-ethyl adjacent to an activating group) is 1. The third kappa shape index (κ3) is 4.98. The van der Waals surface area contributed by atoms with Crippen molar-refractivity contribution in [2.24, 2.45) is 0 Å². The number of halogens is 1. The first-order valence-electron chi connectivity index (χ1n) is 7.29. The van der Waals surface area contributed by atoms with Gasteiger partial charge in [-0.3, -0.25) is 0 Å². The summed E-state index contributed by atoms with van der Waals surface area (Å²) < 4.78 is 10.7. The zero-order valence-corrected chi connectivity index (χ0v) is 14.2. The van der Waals surface area contributed by atoms with E-state index in [1.807, 2.05) is 37.2 Å². The molecule has 6 heteroatoms. The summed E-state index contributed by atoms with van der Waals surface area (Å²) in [6.45, 7) is 0.806. The van der Waals surface area contributed by atoms with Gasteiger partial charge in [0.05, 0.1) is 0 Å². The highest BCUT2D eigenvalue weighted by molar-refractivity contribution is 6.30. The van der Waals surface area contributed by atoms with Crippen molar-refractivity contribution >= 4 is 23.6 Å². The molecule has 1 heterocycles. The topological polar surface area (TPSA) is 66.5 Å². The van der Waals surface area contributed by atoms with Crippen molar-refractivity contribution in [3.05, 3.63) is 52.8 Å². The molecule has 2 aromatic rings. The van der Waals surface area contributed by atoms with Gasteiger partial charge in [0, 0.05) is 23.2 Å². The van der Waals surface area contributed by atoms with Crippen LogP contribution in [0.5, 0.6) is 0 Å². The molecule has 0 fully saturated rings. The molecule has 24 heavy (non-hydrogen) atoms. The van der Waals surface area contributed by atoms with Crippen LogP contribution in [0, 0.1) is 11.3 Å². The molecule has 0 aliphatic rings. The van der Waals surface area contributed by atoms with E-state index in [0.29, 0.717) is 23.1 Å². The number of nitriles is 1. The summed E-state index contributed by atoms with van der Waals surface area (Å²) in [5, 5.41) is 9.74. The van der Waals surface area contributed by atoms with Gasteiger partial charge >= 0.3 is 5.97 Å². The smallest absolute Gasteiger partial charge is 0.349 e. The van der Waals surface area contributed by atoms with E-state index >= 15 is 0 Å². The number of ether oxygens (including phenoxy) is 1. The number of esters is 1. The molecule has 0 N–H and O–H groups in total. The Hall–Kier alpha value is -2.55. The Labute approximate surface area is 145 Å². The molecule has 0 unspecified atom stereocenters. The van der Waals surface area contributed by atoms with Crippen LogP contribution in [0.3, 0.4) is 0 Å². The average Bonchev–Trinajstić information content (AvgIpc) is 3.00. The van der Waals surface area contributed by atoms with Crippen LogP contribution in [0.1, 0.15) is 5.76 Å². The number of nitrogens with zero attached hydrogens (tertiary/aromatic N) is 2. The maximum Gasteiger partial charge on any atom is 0.349 e. The molecule has 0 saturated carbocycles. The van der Waals surface area contributed by atoms with Crippen LogP contribution in [0.15, 0.2) is 46.4 Å². The quantitative estimate of drug-likeness (QED) is 0.455. The van der Waals surface area contributed by atoms with Gasteiger partial charge < -0.3 is 14.1 Å². The number of carbonyl (C=O) groups excluding carboxylic acids is 1. The monoisotopic (exact) mass is 344 g/mol. The van der Waals surface area contributed by atoms with E-state index in [2.05, 4.69) is 0 Å². The van der Waals surface area contributed by atoms with E-state index in [4.69, 9.17) is 26.0 Å². The van der Waals surface area contributed by atoms with Crippen molar-refractivity contribution < 1.29 is 13.9 Å². The molecule has 2 rings (SSSR count). The van der Waals surface area contributed by atoms with Gasteiger partial charge in [0.25, 0.3) is 0 Å². The summed E-state index contributed by atoms with van der Waals surface area (Å²) in [5.74, 6) is 0.327. The molecule has 0 aliphatic heterocycles. The predicted molar refractivity (Wildman–Crippen MR) is 92.3 cm³/mol. The van der Waals surface area contributed by atoms with Crippen molar-refractivity contribution in [3.8, 4) is 17.4 Å². The average molecular weight is 345 g/mol. The number of rotatable bonds is 6. The predicted octanol–water partition coefficient (Wildman–Crippen LogP) is 3.61. The highest BCUT2D eigenvalue weighted by Crippen LogP contribution is 2.25. The molecule has 124 valence electrons. The molecule has 5 nitrogen and oxygen atoms in total. The molecule has 0 bridgehead atoms. The molecule has 1 aromatic carbocycles. The van der Waals surface area contributed by atoms with E-state index in [1.165, 1.54) is 6.08 Å². The minimum Gasteiger partial charge on any atom is -0.460 e. The molecule has 1 aromatic heterocycles. The SMILES string of the molecule is CN(C)CCOC(=O)/C(C#N)=C\c1ccc(-c2cccc(Cl)c2)o1. The fourth-order valence-corrected chi connectivity index (χ4v) is 2.10. The highest BCUT2D eigenvalue weighted by atomic mass is 35.5. The third-order valence-electron chi connectivity index (χ3n) is 3.13. The number of benzene rings is 1. The lowest BCUT2D eigenvalue weighted by Crippen LogP contribution is -2.20. The lowest BCUT2D eigenvalue weighted by molar-refractivity contribution is -0.138. The zero-order valence-electron chi connectivity index (χ0n) is 13.5. The maximum atomic E-state index is 11.9. The second-order valence-corrected chi connectivity index (χ2v) is 5.76. The van der Waals surface area contributed by atoms with Gasteiger partial charge in [-0.25, -0.2) is 4.79 Å². The summed E-state index contributed by atoms with van der Waals surface area (Å²) in [6, 6.07) is 12.5. The Morgan fingerprint density at radius 2 is 2.17 bits per heavy atom. The van der Waals surface area contributed by atoms with Crippen LogP contribution in [0.2, 0.25) is 5.02 Å². The molecule has 0 atom stereocenters. The van der Waals surface area contributed by atoms with E-state index in [-0.39, 0.29) is 12.2 Å². The standard InChI is InChI=1S/C18H17ClN2O3/c1-21(2)8-9-23-18(22)14(12-20)11-16-6-7-17(24-16)13-4-3-5-15(19)10-13/h3-7,10-11H,8-9H2,1-2H3/b14-11-. The Morgan fingerprint density at radius 3 is 2.83 bits per heavy atom. The van der Waals surface area contributed by atoms with Crippen LogP contribution < -0.4 is 0 Å². The van der Waals surface area contributed by atoms with Gasteiger partial charge in [-0.15, -0.1) is 0 Å². The second-order valence-electron chi connectivity index (χ2n) is 5.32. The summed E-state index contributed by atoms with van der Waals surface area (Å²) in [7, 11) is 3.74. The summed E-state index contributed by atoms with van der Waals surface area (Å²) in [6.07, 6.45) is 1.37. The van der Waals surface area contributed by atoms with E-state index in [1.54, 1.807) is 24.3 Å². The maximum absolute atomic E-state index is 11.9. The van der Waals surface area contributed by atoms with Gasteiger partial charge in [0.15, 0.2) is 0 Å². The Balaban J connectivity index is 2.11. The largest absolute Gasteiger partial charge is 0.460 e. The van der Waals surface area contributed by atoms with Crippen molar-refractivity contribution in [1.82, 2.24) is 4.90 Å². The Bertz CT molecular complexity index is 788. The van der Waals surface area contributed by atoms with Gasteiger partial charge in [0.2, 0.25) is 0 Å². The van der Waals surface area contributed by atoms with Gasteiger partial charge in [-0.05, 0) is 38.4 Å². The van der Waals surface area contributed by atoms with Gasteiger partial charge in [0.1, 0.15) is 29.8 Å². The first-order valence-corrected chi connectivity index (χ1v) is 7.67. The number of carbonyl (C=O) groups is 1. The Kier molecular flexibility index (Phi) is 6.19. The van der Waals surface area contributed by atoms with E-state index < -0.39 is 5.97 Å². The molecule has 0 spiro atoms. The van der Waals surface area contributed by atoms with Crippen LogP contribution >= 0.6 is 11.6 Å². The van der Waals surface area contributed by atoms with Crippen molar-refractivity contribution in [2.75, 3.05) is 27.2 Å². The first-order chi connectivity index (χ1) is 11.5. The normalized spacial score (nSPS) is 11.4. The van der Waals surface area contributed by atoms with Crippen LogP contribution in [-0.4, -0.2) is 38.1 Å². The number of hydrogen-bond acceptors (Lipinski definition) is 5. The summed E-state index contributed by atoms with van der Waals surface area (Å²) in [4.78, 5) is 13.8. The Morgan fingerprint density at radius 1 is 1.38 bits per heavy atom. The third-order valence-corrected chi connectivity index (χ3v) is 3.37. The summed E-state index contributed by atoms with van der Waals surface area (Å²) in [5.41, 5.74) is 0.704. The molecule has 0 amide bonds. The van der Waals surface area contributed by atoms with Crippen LogP contribution in [-0.2, 0) is 9.53 Å². The van der Waals surface area contributed by atoms with Crippen molar-refractivity contribution in [1.29, 1.82) is 5.26 Å². The fourth-order valence-electron chi connectivity index (χ4n) is 1.91.